The van der Waals surface area contributed by atoms with Gasteiger partial charge in [0.2, 0.25) is 0 Å². The summed E-state index contributed by atoms with van der Waals surface area (Å²) in [4.78, 5) is 29.1. The maximum Gasteiger partial charge on any atom is 0.355 e. The summed E-state index contributed by atoms with van der Waals surface area (Å²) in [6.45, 7) is 3.07. The number of nitrogens with one attached hydrogen (secondary N) is 1. The van der Waals surface area contributed by atoms with Gasteiger partial charge in [-0.25, -0.2) is 9.59 Å². The Morgan fingerprint density at radius 1 is 0.971 bits per heavy atom. The van der Waals surface area contributed by atoms with E-state index in [9.17, 15) is 9.59 Å². The Morgan fingerprint density at radius 2 is 1.65 bits per heavy atom. The summed E-state index contributed by atoms with van der Waals surface area (Å²) in [7, 11) is 2.58. The van der Waals surface area contributed by atoms with E-state index in [1.165, 1.54) is 19.8 Å². The van der Waals surface area contributed by atoms with Crippen LogP contribution in [0.5, 0.6) is 0 Å². The molecule has 4 rings (SSSR count). The van der Waals surface area contributed by atoms with Crippen LogP contribution in [0.4, 0.5) is 11.4 Å². The molecule has 0 saturated carbocycles. The SMILES string of the molecule is COC(=O)C1=C(C(=O)OC)N(c2ccccc2NC2CCN(Cc3ccccc3)CC2)COC1. The second-order valence-electron chi connectivity index (χ2n) is 8.41. The van der Waals surface area contributed by atoms with E-state index in [0.717, 1.165) is 43.9 Å². The lowest BCUT2D eigenvalue weighted by atomic mass is 10.0. The number of para-hydroxylation sites is 2. The summed E-state index contributed by atoms with van der Waals surface area (Å²) >= 11 is 0. The number of rotatable bonds is 7. The van der Waals surface area contributed by atoms with Crippen LogP contribution in [-0.4, -0.2) is 63.5 Å². The van der Waals surface area contributed by atoms with E-state index in [0.29, 0.717) is 6.04 Å². The number of benzene rings is 2. The molecule has 8 heteroatoms. The number of ether oxygens (including phenoxy) is 3. The van der Waals surface area contributed by atoms with Crippen LogP contribution in [0.1, 0.15) is 18.4 Å². The van der Waals surface area contributed by atoms with Gasteiger partial charge in [-0.15, -0.1) is 0 Å². The third kappa shape index (κ3) is 5.40. The van der Waals surface area contributed by atoms with Crippen molar-refractivity contribution in [1.29, 1.82) is 0 Å². The van der Waals surface area contributed by atoms with Gasteiger partial charge in [-0.1, -0.05) is 42.5 Å². The van der Waals surface area contributed by atoms with E-state index >= 15 is 0 Å². The van der Waals surface area contributed by atoms with E-state index in [-0.39, 0.29) is 24.6 Å². The molecule has 0 aromatic heterocycles. The molecule has 8 nitrogen and oxygen atoms in total. The maximum absolute atomic E-state index is 12.7. The van der Waals surface area contributed by atoms with Crippen LogP contribution in [-0.2, 0) is 30.3 Å². The van der Waals surface area contributed by atoms with Crippen LogP contribution in [0.15, 0.2) is 65.9 Å². The largest absolute Gasteiger partial charge is 0.466 e. The topological polar surface area (TPSA) is 80.3 Å². The summed E-state index contributed by atoms with van der Waals surface area (Å²) < 4.78 is 15.5. The molecule has 0 amide bonds. The summed E-state index contributed by atoms with van der Waals surface area (Å²) in [5, 5.41) is 3.65. The molecule has 0 aliphatic carbocycles. The van der Waals surface area contributed by atoms with Gasteiger partial charge < -0.3 is 24.4 Å². The molecule has 0 bridgehead atoms. The highest BCUT2D eigenvalue weighted by molar-refractivity contribution is 6.04. The number of methoxy groups -OCH3 is 2. The van der Waals surface area contributed by atoms with Crippen LogP contribution >= 0.6 is 0 Å². The molecule has 0 spiro atoms. The molecule has 1 N–H and O–H groups in total. The van der Waals surface area contributed by atoms with Gasteiger partial charge in [0.15, 0.2) is 0 Å². The van der Waals surface area contributed by atoms with Gasteiger partial charge in [-0.05, 0) is 30.5 Å². The molecular formula is C26H31N3O5. The molecule has 0 unspecified atom stereocenters. The number of carbonyl (C=O) groups excluding carboxylic acids is 2. The van der Waals surface area contributed by atoms with Crippen molar-refractivity contribution in [3.8, 4) is 0 Å². The highest BCUT2D eigenvalue weighted by atomic mass is 16.5. The van der Waals surface area contributed by atoms with Crippen molar-refractivity contribution in [3.05, 3.63) is 71.4 Å². The van der Waals surface area contributed by atoms with Crippen molar-refractivity contribution >= 4 is 23.3 Å². The van der Waals surface area contributed by atoms with Crippen molar-refractivity contribution < 1.29 is 23.8 Å². The molecule has 2 aromatic rings. The number of anilines is 2. The van der Waals surface area contributed by atoms with Crippen molar-refractivity contribution in [2.75, 3.05) is 50.9 Å². The van der Waals surface area contributed by atoms with E-state index in [4.69, 9.17) is 14.2 Å². The van der Waals surface area contributed by atoms with E-state index in [1.54, 1.807) is 4.90 Å². The summed E-state index contributed by atoms with van der Waals surface area (Å²) in [6.07, 6.45) is 2.01. The molecular weight excluding hydrogens is 434 g/mol. The second-order valence-corrected chi connectivity index (χ2v) is 8.41. The molecule has 2 aliphatic heterocycles. The molecule has 2 aliphatic rings. The molecule has 2 aromatic carbocycles. The Hall–Kier alpha value is -3.36. The Morgan fingerprint density at radius 3 is 2.35 bits per heavy atom. The monoisotopic (exact) mass is 465 g/mol. The van der Waals surface area contributed by atoms with Gasteiger partial charge in [-0.2, -0.15) is 0 Å². The van der Waals surface area contributed by atoms with Crippen LogP contribution in [0.3, 0.4) is 0 Å². The molecule has 34 heavy (non-hydrogen) atoms. The Kier molecular flexibility index (Phi) is 7.82. The average Bonchev–Trinajstić information content (AvgIpc) is 2.89. The van der Waals surface area contributed by atoms with Crippen LogP contribution in [0.25, 0.3) is 0 Å². The van der Waals surface area contributed by atoms with Gasteiger partial charge in [0.1, 0.15) is 12.4 Å². The van der Waals surface area contributed by atoms with Gasteiger partial charge in [0, 0.05) is 25.7 Å². The quantitative estimate of drug-likeness (QED) is 0.625. The van der Waals surface area contributed by atoms with Gasteiger partial charge in [-0.3, -0.25) is 4.90 Å². The zero-order valence-corrected chi connectivity index (χ0v) is 19.7. The predicted octanol–water partition coefficient (Wildman–Crippen LogP) is 3.16. The molecule has 2 heterocycles. The first-order valence-electron chi connectivity index (χ1n) is 11.5. The lowest BCUT2D eigenvalue weighted by molar-refractivity contribution is -0.140. The summed E-state index contributed by atoms with van der Waals surface area (Å²) in [5.74, 6) is -1.21. The van der Waals surface area contributed by atoms with Gasteiger partial charge in [0.25, 0.3) is 0 Å². The van der Waals surface area contributed by atoms with Crippen molar-refractivity contribution in [3.63, 3.8) is 0 Å². The molecule has 1 fully saturated rings. The van der Waals surface area contributed by atoms with Crippen molar-refractivity contribution in [2.24, 2.45) is 0 Å². The fourth-order valence-electron chi connectivity index (χ4n) is 4.46. The van der Waals surface area contributed by atoms with E-state index < -0.39 is 11.9 Å². The van der Waals surface area contributed by atoms with Crippen LogP contribution < -0.4 is 10.2 Å². The average molecular weight is 466 g/mol. The highest BCUT2D eigenvalue weighted by Crippen LogP contribution is 2.33. The van der Waals surface area contributed by atoms with E-state index in [2.05, 4.69) is 34.5 Å². The minimum atomic E-state index is -0.610. The molecule has 0 atom stereocenters. The third-order valence-corrected chi connectivity index (χ3v) is 6.22. The van der Waals surface area contributed by atoms with Gasteiger partial charge >= 0.3 is 11.9 Å². The second kappa shape index (κ2) is 11.2. The van der Waals surface area contributed by atoms with E-state index in [1.807, 2.05) is 30.3 Å². The standard InChI is InChI=1S/C26H31N3O5/c1-32-25(30)21-17-34-18-29(24(21)26(31)33-2)23-11-7-6-10-22(23)27-20-12-14-28(15-13-20)16-19-8-4-3-5-9-19/h3-11,20,27H,12-18H2,1-2H3. The lowest BCUT2D eigenvalue weighted by Crippen LogP contribution is -2.40. The first kappa shape index (κ1) is 23.8. The number of hydrogen-bond donors (Lipinski definition) is 1. The predicted molar refractivity (Wildman–Crippen MR) is 129 cm³/mol. The lowest BCUT2D eigenvalue weighted by Gasteiger charge is -2.35. The number of hydrogen-bond acceptors (Lipinski definition) is 8. The zero-order valence-electron chi connectivity index (χ0n) is 19.7. The fraction of sp³-hybridized carbons (Fsp3) is 0.385. The summed E-state index contributed by atoms with van der Waals surface area (Å²) in [6, 6.07) is 18.5. The normalized spacial score (nSPS) is 17.4. The Balaban J connectivity index is 1.50. The Bertz CT molecular complexity index is 1030. The van der Waals surface area contributed by atoms with Crippen LogP contribution in [0.2, 0.25) is 0 Å². The zero-order chi connectivity index (χ0) is 23.9. The third-order valence-electron chi connectivity index (χ3n) is 6.22. The molecule has 0 radical (unpaired) electrons. The maximum atomic E-state index is 12.7. The smallest absolute Gasteiger partial charge is 0.355 e. The van der Waals surface area contributed by atoms with Gasteiger partial charge in [0.05, 0.1) is 37.8 Å². The number of likely N-dealkylation sites (tertiary alicyclic amines) is 1. The molecule has 1 saturated heterocycles. The number of piperidine rings is 1. The first-order chi connectivity index (χ1) is 16.6. The number of carbonyl (C=O) groups is 2. The minimum Gasteiger partial charge on any atom is -0.466 e. The van der Waals surface area contributed by atoms with Crippen molar-refractivity contribution in [2.45, 2.75) is 25.4 Å². The number of esters is 2. The Labute approximate surface area is 200 Å². The van der Waals surface area contributed by atoms with Crippen molar-refractivity contribution in [1.82, 2.24) is 4.90 Å². The fourth-order valence-corrected chi connectivity index (χ4v) is 4.46. The molecule has 180 valence electrons. The highest BCUT2D eigenvalue weighted by Gasteiger charge is 2.33. The number of nitrogens with zero attached hydrogens (tertiary/aromatic N) is 2. The minimum absolute atomic E-state index is 0.0108. The summed E-state index contributed by atoms with van der Waals surface area (Å²) in [5.41, 5.74) is 3.24. The first-order valence-corrected chi connectivity index (χ1v) is 11.5. The van der Waals surface area contributed by atoms with Crippen LogP contribution in [0, 0.1) is 0 Å².